The molecule has 1 aliphatic heterocycles. The highest BCUT2D eigenvalue weighted by atomic mass is 19.4. The van der Waals surface area contributed by atoms with Crippen molar-refractivity contribution in [3.8, 4) is 11.5 Å². The van der Waals surface area contributed by atoms with Crippen LogP contribution in [0.5, 0.6) is 0 Å². The number of amides is 3. The van der Waals surface area contributed by atoms with Gasteiger partial charge in [0, 0.05) is 38.4 Å². The number of carbonyl (C=O) groups excluding carboxylic acids is 2. The third kappa shape index (κ3) is 7.04. The van der Waals surface area contributed by atoms with Crippen LogP contribution < -0.4 is 15.5 Å². The predicted octanol–water partition coefficient (Wildman–Crippen LogP) is 4.16. The molecule has 42 heavy (non-hydrogen) atoms. The monoisotopic (exact) mass is 584 g/mol. The van der Waals surface area contributed by atoms with Gasteiger partial charge >= 0.3 is 12.2 Å². The lowest BCUT2D eigenvalue weighted by atomic mass is 10.2. The lowest BCUT2D eigenvalue weighted by molar-refractivity contribution is -0.115. The lowest BCUT2D eigenvalue weighted by Crippen LogP contribution is -2.34. The van der Waals surface area contributed by atoms with Crippen LogP contribution in [0.3, 0.4) is 0 Å². The summed E-state index contributed by atoms with van der Waals surface area (Å²) in [7, 11) is 1.66. The molecule has 2 N–H and O–H groups in total. The highest BCUT2D eigenvalue weighted by molar-refractivity contribution is 6.06. The Morgan fingerprint density at radius 3 is 2.76 bits per heavy atom. The molecule has 12 nitrogen and oxygen atoms in total. The molecule has 3 aromatic heterocycles. The second-order valence-electron chi connectivity index (χ2n) is 9.39. The number of halogens is 3. The number of hydrogen-bond acceptors (Lipinski definition) is 8. The van der Waals surface area contributed by atoms with E-state index in [2.05, 4.69) is 25.7 Å². The first-order chi connectivity index (χ1) is 20.2. The molecule has 15 heteroatoms. The van der Waals surface area contributed by atoms with Crippen molar-refractivity contribution >= 4 is 29.3 Å². The molecule has 0 spiro atoms. The molecular weight excluding hydrogens is 557 g/mol. The van der Waals surface area contributed by atoms with Gasteiger partial charge in [-0.25, -0.2) is 14.8 Å². The number of aryl methyl sites for hydroxylation is 1. The number of nitrogens with zero attached hydrogens (tertiary/aromatic N) is 6. The maximum Gasteiger partial charge on any atom is 0.405 e. The average Bonchev–Trinajstić information content (AvgIpc) is 3.69. The van der Waals surface area contributed by atoms with Crippen molar-refractivity contribution in [2.45, 2.75) is 12.8 Å². The first kappa shape index (κ1) is 28.6. The maximum absolute atomic E-state index is 13.1. The molecule has 0 unspecified atom stereocenters. The van der Waals surface area contributed by atoms with Gasteiger partial charge in [0.1, 0.15) is 24.3 Å². The molecule has 220 valence electrons. The number of ether oxygens (including phenoxy) is 1. The molecule has 0 bridgehead atoms. The van der Waals surface area contributed by atoms with E-state index in [1.165, 1.54) is 27.9 Å². The quantitative estimate of drug-likeness (QED) is 0.252. The number of alkyl halides is 3. The number of oxazole rings is 1. The van der Waals surface area contributed by atoms with E-state index in [0.29, 0.717) is 44.1 Å². The van der Waals surface area contributed by atoms with Crippen molar-refractivity contribution in [1.29, 1.82) is 0 Å². The fourth-order valence-electron chi connectivity index (χ4n) is 4.24. The number of pyridine rings is 1. The van der Waals surface area contributed by atoms with Crippen molar-refractivity contribution in [1.82, 2.24) is 24.6 Å². The van der Waals surface area contributed by atoms with E-state index in [4.69, 9.17) is 9.15 Å². The Labute approximate surface area is 238 Å². The number of anilines is 3. The van der Waals surface area contributed by atoms with E-state index in [0.717, 1.165) is 11.8 Å². The summed E-state index contributed by atoms with van der Waals surface area (Å²) in [5, 5.41) is 9.26. The molecule has 5 rings (SSSR count). The summed E-state index contributed by atoms with van der Waals surface area (Å²) in [5.41, 5.74) is 1.59. The van der Waals surface area contributed by atoms with Gasteiger partial charge in [0.15, 0.2) is 11.5 Å². The molecule has 1 aliphatic rings. The molecule has 1 saturated heterocycles. The molecule has 0 saturated carbocycles. The standard InChI is InChI=1S/C27H27F3N8O4/c1-36-14-20(23(35-36)38-10-9-37(26(38)40)11-12-41-15-18-5-3-2-4-6-18)33-24(39)21-16-42-25(34-21)19-7-8-31-22(13-19)32-17-27(28,29)30/h2-8,13-14,16H,9-12,15,17H2,1H3,(H,31,32)(H,33,39). The van der Waals surface area contributed by atoms with Crippen LogP contribution in [0, 0.1) is 0 Å². The topological polar surface area (TPSA) is 131 Å². The molecule has 0 atom stereocenters. The third-order valence-corrected chi connectivity index (χ3v) is 6.24. The summed E-state index contributed by atoms with van der Waals surface area (Å²) in [6.45, 7) is 0.806. The predicted molar refractivity (Wildman–Crippen MR) is 146 cm³/mol. The smallest absolute Gasteiger partial charge is 0.405 e. The first-order valence-electron chi connectivity index (χ1n) is 12.9. The van der Waals surface area contributed by atoms with Gasteiger partial charge in [0.2, 0.25) is 5.89 Å². The number of rotatable bonds is 11. The largest absolute Gasteiger partial charge is 0.444 e. The van der Waals surface area contributed by atoms with Crippen molar-refractivity contribution in [3.63, 3.8) is 0 Å². The van der Waals surface area contributed by atoms with E-state index in [-0.39, 0.29) is 29.3 Å². The third-order valence-electron chi connectivity index (χ3n) is 6.24. The summed E-state index contributed by atoms with van der Waals surface area (Å²) >= 11 is 0. The number of nitrogens with one attached hydrogen (secondary N) is 2. The number of aromatic nitrogens is 4. The Kier molecular flexibility index (Phi) is 8.38. The van der Waals surface area contributed by atoms with E-state index < -0.39 is 18.6 Å². The number of urea groups is 1. The van der Waals surface area contributed by atoms with Crippen molar-refractivity contribution in [3.05, 3.63) is 72.4 Å². The summed E-state index contributed by atoms with van der Waals surface area (Å²) in [4.78, 5) is 37.3. The minimum atomic E-state index is -4.41. The molecule has 4 heterocycles. The van der Waals surface area contributed by atoms with Crippen LogP contribution in [-0.2, 0) is 18.4 Å². The van der Waals surface area contributed by atoms with Crippen molar-refractivity contribution in [2.75, 3.05) is 48.3 Å². The fraction of sp³-hybridized carbons (Fsp3) is 0.296. The number of hydrogen-bond donors (Lipinski definition) is 2. The van der Waals surface area contributed by atoms with Gasteiger partial charge in [-0.1, -0.05) is 30.3 Å². The van der Waals surface area contributed by atoms with E-state index in [1.54, 1.807) is 18.1 Å². The van der Waals surface area contributed by atoms with Crippen molar-refractivity contribution in [2.24, 2.45) is 7.05 Å². The highest BCUT2D eigenvalue weighted by Gasteiger charge is 2.33. The van der Waals surface area contributed by atoms with Gasteiger partial charge in [0.05, 0.1) is 19.4 Å². The molecule has 1 fully saturated rings. The Bertz CT molecular complexity index is 1540. The van der Waals surface area contributed by atoms with Gasteiger partial charge in [-0.05, 0) is 17.7 Å². The first-order valence-corrected chi connectivity index (χ1v) is 12.9. The second-order valence-corrected chi connectivity index (χ2v) is 9.39. The minimum absolute atomic E-state index is 0.0175. The summed E-state index contributed by atoms with van der Waals surface area (Å²) < 4.78 is 50.1. The Balaban J connectivity index is 1.20. The lowest BCUT2D eigenvalue weighted by Gasteiger charge is -2.18. The summed E-state index contributed by atoms with van der Waals surface area (Å²) in [5.74, 6) is -0.353. The zero-order valence-electron chi connectivity index (χ0n) is 22.5. The summed E-state index contributed by atoms with van der Waals surface area (Å²) in [6, 6.07) is 12.3. The normalized spacial score (nSPS) is 13.6. The molecule has 4 aromatic rings. The van der Waals surface area contributed by atoms with Gasteiger partial charge in [-0.15, -0.1) is 0 Å². The van der Waals surface area contributed by atoms with Crippen molar-refractivity contribution < 1.29 is 31.9 Å². The van der Waals surface area contributed by atoms with Gasteiger partial charge < -0.3 is 24.7 Å². The van der Waals surface area contributed by atoms with Crippen LogP contribution in [0.1, 0.15) is 16.1 Å². The Morgan fingerprint density at radius 1 is 1.17 bits per heavy atom. The van der Waals surface area contributed by atoms with Crippen LogP contribution in [0.4, 0.5) is 35.3 Å². The van der Waals surface area contributed by atoms with Gasteiger partial charge in [0.25, 0.3) is 5.91 Å². The molecule has 1 aromatic carbocycles. The minimum Gasteiger partial charge on any atom is -0.444 e. The number of benzene rings is 1. The zero-order chi connectivity index (χ0) is 29.7. The Hall–Kier alpha value is -4.92. The molecule has 3 amide bonds. The zero-order valence-corrected chi connectivity index (χ0v) is 22.5. The number of carbonyl (C=O) groups is 2. The van der Waals surface area contributed by atoms with Crippen LogP contribution in [0.15, 0.2) is 65.5 Å². The molecular formula is C27H27F3N8O4. The average molecular weight is 585 g/mol. The molecule has 0 radical (unpaired) electrons. The van der Waals surface area contributed by atoms with Gasteiger partial charge in [-0.2, -0.15) is 18.3 Å². The fourth-order valence-corrected chi connectivity index (χ4v) is 4.24. The van der Waals surface area contributed by atoms with E-state index in [1.807, 2.05) is 30.3 Å². The van der Waals surface area contributed by atoms with Gasteiger partial charge in [-0.3, -0.25) is 14.4 Å². The van der Waals surface area contributed by atoms with Crippen LogP contribution in [0.25, 0.3) is 11.5 Å². The highest BCUT2D eigenvalue weighted by Crippen LogP contribution is 2.28. The summed E-state index contributed by atoms with van der Waals surface area (Å²) in [6.07, 6.45) is -0.422. The second kappa shape index (κ2) is 12.3. The van der Waals surface area contributed by atoms with Crippen LogP contribution >= 0.6 is 0 Å². The SMILES string of the molecule is Cn1cc(NC(=O)c2coc(-c3ccnc(NCC(F)(F)F)c3)n2)c(N2CCN(CCOCc3ccccc3)C2=O)n1. The van der Waals surface area contributed by atoms with E-state index in [9.17, 15) is 22.8 Å². The maximum atomic E-state index is 13.1. The molecule has 0 aliphatic carbocycles. The van der Waals surface area contributed by atoms with E-state index >= 15 is 0 Å². The van der Waals surface area contributed by atoms with Crippen LogP contribution in [-0.4, -0.2) is 75.5 Å². The Morgan fingerprint density at radius 2 is 1.98 bits per heavy atom. The van der Waals surface area contributed by atoms with Crippen LogP contribution in [0.2, 0.25) is 0 Å².